The fourth-order valence-electron chi connectivity index (χ4n) is 4.17. The summed E-state index contributed by atoms with van der Waals surface area (Å²) in [5.41, 5.74) is -1.51. The van der Waals surface area contributed by atoms with Crippen LogP contribution in [-0.4, -0.2) is 35.3 Å². The zero-order valence-electron chi connectivity index (χ0n) is 17.4. The van der Waals surface area contributed by atoms with Crippen molar-refractivity contribution in [2.45, 2.75) is 38.8 Å². The van der Waals surface area contributed by atoms with E-state index in [2.05, 4.69) is 0 Å². The van der Waals surface area contributed by atoms with Gasteiger partial charge in [0.15, 0.2) is 0 Å². The third-order valence-corrected chi connectivity index (χ3v) is 5.66. The monoisotopic (exact) mass is 467 g/mol. The van der Waals surface area contributed by atoms with Crippen molar-refractivity contribution >= 4 is 22.6 Å². The minimum atomic E-state index is -4.92. The molecular formula is C23H21ClF3NO4. The molecule has 1 saturated heterocycles. The van der Waals surface area contributed by atoms with Crippen LogP contribution in [0.5, 0.6) is 5.75 Å². The summed E-state index contributed by atoms with van der Waals surface area (Å²) >= 11 is 5.85. The second kappa shape index (κ2) is 8.42. The third kappa shape index (κ3) is 4.35. The molecule has 1 aliphatic heterocycles. The molecule has 2 atom stereocenters. The molecule has 5 nitrogen and oxygen atoms in total. The Morgan fingerprint density at radius 2 is 1.72 bits per heavy atom. The van der Waals surface area contributed by atoms with E-state index in [1.165, 1.54) is 36.4 Å². The van der Waals surface area contributed by atoms with E-state index in [0.29, 0.717) is 18.1 Å². The molecule has 3 aromatic rings. The normalized spacial score (nSPS) is 20.1. The number of ether oxygens (including phenoxy) is 1. The molecule has 32 heavy (non-hydrogen) atoms. The molecule has 2 aromatic carbocycles. The van der Waals surface area contributed by atoms with Crippen LogP contribution in [-0.2, 0) is 17.5 Å². The Morgan fingerprint density at radius 3 is 2.31 bits per heavy atom. The van der Waals surface area contributed by atoms with E-state index >= 15 is 0 Å². The largest absolute Gasteiger partial charge is 0.507 e. The van der Waals surface area contributed by atoms with Crippen molar-refractivity contribution < 1.29 is 27.4 Å². The van der Waals surface area contributed by atoms with E-state index in [-0.39, 0.29) is 46.6 Å². The van der Waals surface area contributed by atoms with Gasteiger partial charge in [0.25, 0.3) is 0 Å². The maximum Gasteiger partial charge on any atom is 0.450 e. The summed E-state index contributed by atoms with van der Waals surface area (Å²) in [6.07, 6.45) is -5.08. The van der Waals surface area contributed by atoms with Crippen molar-refractivity contribution in [2.24, 2.45) is 0 Å². The SMILES string of the molecule is C[C@@H]1CN(Cc2c(O)ccc3c(=O)c(-c4ccc(Cl)cc4)c(C(F)(F)F)oc23)C[C@H](C)O1. The van der Waals surface area contributed by atoms with Crippen molar-refractivity contribution in [1.29, 1.82) is 0 Å². The van der Waals surface area contributed by atoms with Crippen molar-refractivity contribution in [3.8, 4) is 16.9 Å². The second-order valence-corrected chi connectivity index (χ2v) is 8.47. The molecule has 1 N–H and O–H groups in total. The highest BCUT2D eigenvalue weighted by Crippen LogP contribution is 2.39. The molecule has 0 spiro atoms. The van der Waals surface area contributed by atoms with Crippen molar-refractivity contribution in [2.75, 3.05) is 13.1 Å². The van der Waals surface area contributed by atoms with Gasteiger partial charge in [0, 0.05) is 24.7 Å². The van der Waals surface area contributed by atoms with Crippen LogP contribution in [0, 0.1) is 0 Å². The molecule has 0 bridgehead atoms. The highest BCUT2D eigenvalue weighted by Gasteiger charge is 2.40. The highest BCUT2D eigenvalue weighted by atomic mass is 35.5. The first-order chi connectivity index (χ1) is 15.0. The first-order valence-corrected chi connectivity index (χ1v) is 10.4. The number of fused-ring (bicyclic) bond motifs is 1. The minimum Gasteiger partial charge on any atom is -0.507 e. The van der Waals surface area contributed by atoms with Crippen LogP contribution in [0.4, 0.5) is 13.2 Å². The lowest BCUT2D eigenvalue weighted by Gasteiger charge is -2.35. The molecule has 0 saturated carbocycles. The number of hydrogen-bond acceptors (Lipinski definition) is 5. The fourth-order valence-corrected chi connectivity index (χ4v) is 4.30. The molecule has 0 radical (unpaired) electrons. The number of aromatic hydroxyl groups is 1. The number of nitrogens with zero attached hydrogens (tertiary/aromatic N) is 1. The maximum atomic E-state index is 14.0. The second-order valence-electron chi connectivity index (χ2n) is 8.03. The Labute approximate surface area is 187 Å². The number of alkyl halides is 3. The Kier molecular flexibility index (Phi) is 5.96. The van der Waals surface area contributed by atoms with E-state index in [9.17, 15) is 23.1 Å². The Bertz CT molecular complexity index is 1200. The molecule has 0 amide bonds. The van der Waals surface area contributed by atoms with E-state index in [0.717, 1.165) is 0 Å². The number of hydrogen-bond donors (Lipinski definition) is 1. The smallest absolute Gasteiger partial charge is 0.450 e. The molecule has 2 heterocycles. The number of morpholine rings is 1. The lowest BCUT2D eigenvalue weighted by molar-refractivity contribution is -0.152. The average molecular weight is 468 g/mol. The third-order valence-electron chi connectivity index (χ3n) is 5.41. The predicted molar refractivity (Wildman–Crippen MR) is 115 cm³/mol. The number of rotatable bonds is 3. The standard InChI is InChI=1S/C23H21ClF3NO4/c1-12-9-28(10-13(2)31-12)11-17-18(29)8-7-16-20(30)19(14-3-5-15(24)6-4-14)22(23(25,26)27)32-21(16)17/h3-8,12-13,29H,9-11H2,1-2H3/t12-,13+. The number of halogens is 4. The predicted octanol–water partition coefficient (Wildman–Crippen LogP) is 5.45. The summed E-state index contributed by atoms with van der Waals surface area (Å²) in [6, 6.07) is 8.08. The van der Waals surface area contributed by atoms with Gasteiger partial charge >= 0.3 is 6.18 Å². The van der Waals surface area contributed by atoms with Gasteiger partial charge in [-0.1, -0.05) is 23.7 Å². The van der Waals surface area contributed by atoms with Crippen LogP contribution in [0.15, 0.2) is 45.6 Å². The van der Waals surface area contributed by atoms with Crippen molar-refractivity contribution in [3.63, 3.8) is 0 Å². The number of phenols is 1. The van der Waals surface area contributed by atoms with E-state index < -0.39 is 22.9 Å². The molecule has 4 rings (SSSR count). The maximum absolute atomic E-state index is 14.0. The summed E-state index contributed by atoms with van der Waals surface area (Å²) in [5.74, 6) is -1.65. The summed E-state index contributed by atoms with van der Waals surface area (Å²) in [5, 5.41) is 10.7. The first kappa shape index (κ1) is 22.6. The van der Waals surface area contributed by atoms with Gasteiger partial charge < -0.3 is 14.3 Å². The van der Waals surface area contributed by atoms with E-state index in [1.807, 2.05) is 18.7 Å². The molecule has 1 aliphatic rings. The van der Waals surface area contributed by atoms with Gasteiger partial charge in [-0.15, -0.1) is 0 Å². The first-order valence-electron chi connectivity index (χ1n) is 10.1. The Hall–Kier alpha value is -2.55. The summed E-state index contributed by atoms with van der Waals surface area (Å²) in [4.78, 5) is 15.2. The zero-order chi connectivity index (χ0) is 23.2. The number of phenolic OH excluding ortho intramolecular Hbond substituents is 1. The molecule has 1 aromatic heterocycles. The molecule has 170 valence electrons. The van der Waals surface area contributed by atoms with E-state index in [1.54, 1.807) is 0 Å². The lowest BCUT2D eigenvalue weighted by Crippen LogP contribution is -2.44. The van der Waals surface area contributed by atoms with Crippen LogP contribution in [0.3, 0.4) is 0 Å². The van der Waals surface area contributed by atoms with E-state index in [4.69, 9.17) is 20.8 Å². The summed E-state index contributed by atoms with van der Waals surface area (Å²) < 4.78 is 52.9. The topological polar surface area (TPSA) is 62.9 Å². The zero-order valence-corrected chi connectivity index (χ0v) is 18.1. The summed E-state index contributed by atoms with van der Waals surface area (Å²) in [7, 11) is 0. The van der Waals surface area contributed by atoms with Crippen LogP contribution >= 0.6 is 11.6 Å². The molecular weight excluding hydrogens is 447 g/mol. The Balaban J connectivity index is 1.92. The van der Waals surface area contributed by atoms with Crippen LogP contribution < -0.4 is 5.43 Å². The van der Waals surface area contributed by atoms with Crippen LogP contribution in [0.1, 0.15) is 25.2 Å². The van der Waals surface area contributed by atoms with Gasteiger partial charge in [-0.25, -0.2) is 0 Å². The summed E-state index contributed by atoms with van der Waals surface area (Å²) in [6.45, 7) is 4.96. The fraction of sp³-hybridized carbons (Fsp3) is 0.348. The van der Waals surface area contributed by atoms with Crippen LogP contribution in [0.25, 0.3) is 22.1 Å². The van der Waals surface area contributed by atoms with Crippen molar-refractivity contribution in [3.05, 3.63) is 63.0 Å². The van der Waals surface area contributed by atoms with Gasteiger partial charge in [0.1, 0.15) is 11.3 Å². The highest BCUT2D eigenvalue weighted by molar-refractivity contribution is 6.30. The van der Waals surface area contributed by atoms with Gasteiger partial charge in [0.2, 0.25) is 11.2 Å². The van der Waals surface area contributed by atoms with Gasteiger partial charge in [-0.3, -0.25) is 9.69 Å². The van der Waals surface area contributed by atoms with Gasteiger partial charge in [-0.05, 0) is 43.7 Å². The lowest BCUT2D eigenvalue weighted by atomic mass is 10.00. The minimum absolute atomic E-state index is 0.0369. The number of benzene rings is 2. The molecule has 0 aliphatic carbocycles. The molecule has 1 fully saturated rings. The molecule has 0 unspecified atom stereocenters. The van der Waals surface area contributed by atoms with Crippen LogP contribution in [0.2, 0.25) is 5.02 Å². The van der Waals surface area contributed by atoms with Crippen molar-refractivity contribution in [1.82, 2.24) is 4.90 Å². The molecule has 9 heteroatoms. The quantitative estimate of drug-likeness (QED) is 0.555. The van der Waals surface area contributed by atoms with Gasteiger partial charge in [-0.2, -0.15) is 13.2 Å². The Morgan fingerprint density at radius 1 is 1.09 bits per heavy atom. The average Bonchev–Trinajstić information content (AvgIpc) is 2.69. The van der Waals surface area contributed by atoms with Gasteiger partial charge in [0.05, 0.1) is 28.7 Å².